The number of anilines is 1. The fraction of sp³-hybridized carbons (Fsp3) is 0.273. The number of aryl methyl sites for hydroxylation is 1. The Balaban J connectivity index is 1.38. The Hall–Kier alpha value is -3.88. The quantitative estimate of drug-likeness (QED) is 0.648. The fourth-order valence-corrected chi connectivity index (χ4v) is 3.71. The number of carbonyl (C=O) groups is 4. The molecule has 4 rings (SSSR count). The Morgan fingerprint density at radius 2 is 2.03 bits per heavy atom. The number of rotatable bonds is 4. The van der Waals surface area contributed by atoms with Crippen molar-refractivity contribution < 1.29 is 29.0 Å². The summed E-state index contributed by atoms with van der Waals surface area (Å²) in [7, 11) is 0. The third-order valence-corrected chi connectivity index (χ3v) is 5.41. The van der Waals surface area contributed by atoms with Crippen molar-refractivity contribution in [2.24, 2.45) is 0 Å². The largest absolute Gasteiger partial charge is 0.508 e. The lowest BCUT2D eigenvalue weighted by Crippen LogP contribution is -2.52. The number of carbonyl (C=O) groups excluding carboxylic acids is 4. The Morgan fingerprint density at radius 3 is 2.77 bits per heavy atom. The number of imide groups is 1. The molecule has 2 aliphatic rings. The molecular weight excluding hydrogens is 402 g/mol. The summed E-state index contributed by atoms with van der Waals surface area (Å²) in [6, 6.07) is 9.20. The molecule has 2 aromatic carbocycles. The van der Waals surface area contributed by atoms with Crippen LogP contribution < -0.4 is 10.6 Å². The minimum atomic E-state index is -0.676. The number of amides is 4. The number of benzene rings is 2. The van der Waals surface area contributed by atoms with Crippen LogP contribution in [0.1, 0.15) is 39.9 Å². The monoisotopic (exact) mass is 423 g/mol. The molecule has 160 valence electrons. The second-order valence-corrected chi connectivity index (χ2v) is 7.59. The topological polar surface area (TPSA) is 125 Å². The lowest BCUT2D eigenvalue weighted by Gasteiger charge is -2.29. The molecule has 9 heteroatoms. The molecular formula is C22H21N3O6. The second-order valence-electron chi connectivity index (χ2n) is 7.59. The van der Waals surface area contributed by atoms with Gasteiger partial charge in [0.05, 0.1) is 0 Å². The van der Waals surface area contributed by atoms with E-state index in [4.69, 9.17) is 4.74 Å². The summed E-state index contributed by atoms with van der Waals surface area (Å²) in [6.45, 7) is 1.99. The molecule has 0 spiro atoms. The van der Waals surface area contributed by atoms with Crippen LogP contribution in [0.5, 0.6) is 5.75 Å². The maximum absolute atomic E-state index is 12.7. The molecule has 0 saturated carbocycles. The first-order valence-corrected chi connectivity index (χ1v) is 9.81. The standard InChI is InChI=1S/C22H21N3O6/c1-12-2-4-15(9-18(12)26)23-22(30)31-11-13-3-5-16-14(8-13)10-25(21(16)29)17-6-7-19(27)24-20(17)28/h2-5,8-9,17,26H,6-7,10-11H2,1H3,(H,23,30)(H,24,27,28). The predicted octanol–water partition coefficient (Wildman–Crippen LogP) is 2.21. The fourth-order valence-electron chi connectivity index (χ4n) is 3.71. The van der Waals surface area contributed by atoms with E-state index in [1.807, 2.05) is 0 Å². The molecule has 2 heterocycles. The van der Waals surface area contributed by atoms with Gasteiger partial charge in [0.25, 0.3) is 5.91 Å². The SMILES string of the molecule is Cc1ccc(NC(=O)OCc2ccc3c(c2)CN(C2CCC(=O)NC2=O)C3=O)cc1O. The number of fused-ring (bicyclic) bond motifs is 1. The van der Waals surface area contributed by atoms with Crippen molar-refractivity contribution in [2.75, 3.05) is 5.32 Å². The molecule has 0 aromatic heterocycles. The maximum atomic E-state index is 12.7. The highest BCUT2D eigenvalue weighted by atomic mass is 16.5. The van der Waals surface area contributed by atoms with Crippen molar-refractivity contribution in [3.8, 4) is 5.75 Å². The number of hydrogen-bond donors (Lipinski definition) is 3. The predicted molar refractivity (Wildman–Crippen MR) is 109 cm³/mol. The Kier molecular flexibility index (Phi) is 5.33. The number of piperidine rings is 1. The van der Waals surface area contributed by atoms with E-state index >= 15 is 0 Å². The molecule has 9 nitrogen and oxygen atoms in total. The Morgan fingerprint density at radius 1 is 1.23 bits per heavy atom. The zero-order chi connectivity index (χ0) is 22.1. The third-order valence-electron chi connectivity index (χ3n) is 5.41. The third kappa shape index (κ3) is 4.20. The number of nitrogens with one attached hydrogen (secondary N) is 2. The van der Waals surface area contributed by atoms with Gasteiger partial charge < -0.3 is 14.7 Å². The number of aromatic hydroxyl groups is 1. The number of hydrogen-bond acceptors (Lipinski definition) is 6. The van der Waals surface area contributed by atoms with E-state index in [1.165, 1.54) is 11.0 Å². The number of phenols is 1. The van der Waals surface area contributed by atoms with Crippen LogP contribution in [0.25, 0.3) is 0 Å². The van der Waals surface area contributed by atoms with E-state index in [0.29, 0.717) is 28.8 Å². The lowest BCUT2D eigenvalue weighted by molar-refractivity contribution is -0.136. The highest BCUT2D eigenvalue weighted by molar-refractivity contribution is 6.05. The summed E-state index contributed by atoms with van der Waals surface area (Å²) >= 11 is 0. The van der Waals surface area contributed by atoms with Gasteiger partial charge in [0, 0.05) is 30.3 Å². The Labute approximate surface area is 178 Å². The van der Waals surface area contributed by atoms with Gasteiger partial charge in [-0.15, -0.1) is 0 Å². The van der Waals surface area contributed by atoms with Crippen LogP contribution in [0, 0.1) is 6.92 Å². The van der Waals surface area contributed by atoms with Crippen molar-refractivity contribution in [3.63, 3.8) is 0 Å². The molecule has 0 radical (unpaired) electrons. The lowest BCUT2D eigenvalue weighted by atomic mass is 10.0. The van der Waals surface area contributed by atoms with E-state index < -0.39 is 18.0 Å². The van der Waals surface area contributed by atoms with Crippen LogP contribution in [0.2, 0.25) is 0 Å². The first kappa shape index (κ1) is 20.4. The van der Waals surface area contributed by atoms with Crippen LogP contribution in [0.4, 0.5) is 10.5 Å². The molecule has 1 unspecified atom stereocenters. The molecule has 1 fully saturated rings. The summed E-state index contributed by atoms with van der Waals surface area (Å²) in [5, 5.41) is 14.5. The molecule has 4 amide bonds. The van der Waals surface area contributed by atoms with Crippen LogP contribution >= 0.6 is 0 Å². The first-order valence-electron chi connectivity index (χ1n) is 9.81. The average molecular weight is 423 g/mol. The highest BCUT2D eigenvalue weighted by Gasteiger charge is 2.39. The van der Waals surface area contributed by atoms with Crippen LogP contribution in [0.15, 0.2) is 36.4 Å². The van der Waals surface area contributed by atoms with Crippen LogP contribution in [0.3, 0.4) is 0 Å². The molecule has 3 N–H and O–H groups in total. The summed E-state index contributed by atoms with van der Waals surface area (Å²) in [6.07, 6.45) is -0.177. The van der Waals surface area contributed by atoms with Gasteiger partial charge in [-0.05, 0) is 48.2 Å². The van der Waals surface area contributed by atoms with Gasteiger partial charge in [-0.2, -0.15) is 0 Å². The molecule has 1 saturated heterocycles. The Bertz CT molecular complexity index is 1100. The van der Waals surface area contributed by atoms with E-state index in [0.717, 1.165) is 5.56 Å². The van der Waals surface area contributed by atoms with E-state index in [9.17, 15) is 24.3 Å². The molecule has 2 aromatic rings. The molecule has 31 heavy (non-hydrogen) atoms. The van der Waals surface area contributed by atoms with Gasteiger partial charge in [-0.25, -0.2) is 4.79 Å². The highest BCUT2D eigenvalue weighted by Crippen LogP contribution is 2.28. The summed E-state index contributed by atoms with van der Waals surface area (Å²) in [5.74, 6) is -0.973. The van der Waals surface area contributed by atoms with Gasteiger partial charge >= 0.3 is 6.09 Å². The van der Waals surface area contributed by atoms with Crippen molar-refractivity contribution in [2.45, 2.75) is 39.0 Å². The maximum Gasteiger partial charge on any atom is 0.411 e. The van der Waals surface area contributed by atoms with Gasteiger partial charge in [0.2, 0.25) is 11.8 Å². The minimum absolute atomic E-state index is 0.0104. The van der Waals surface area contributed by atoms with Crippen molar-refractivity contribution in [3.05, 3.63) is 58.7 Å². The van der Waals surface area contributed by atoms with Crippen LogP contribution in [-0.4, -0.2) is 39.9 Å². The molecule has 2 aliphatic heterocycles. The average Bonchev–Trinajstić information content (AvgIpc) is 3.05. The van der Waals surface area contributed by atoms with Gasteiger partial charge in [-0.1, -0.05) is 12.1 Å². The van der Waals surface area contributed by atoms with Crippen molar-refractivity contribution in [1.82, 2.24) is 10.2 Å². The van der Waals surface area contributed by atoms with E-state index in [1.54, 1.807) is 37.3 Å². The zero-order valence-corrected chi connectivity index (χ0v) is 16.8. The van der Waals surface area contributed by atoms with Gasteiger partial charge in [0.1, 0.15) is 18.4 Å². The minimum Gasteiger partial charge on any atom is -0.508 e. The summed E-state index contributed by atoms with van der Waals surface area (Å²) in [4.78, 5) is 49.7. The van der Waals surface area contributed by atoms with Crippen molar-refractivity contribution in [1.29, 1.82) is 0 Å². The van der Waals surface area contributed by atoms with Gasteiger partial charge in [-0.3, -0.25) is 25.0 Å². The van der Waals surface area contributed by atoms with Gasteiger partial charge in [0.15, 0.2) is 0 Å². The number of ether oxygens (including phenoxy) is 1. The van der Waals surface area contributed by atoms with Crippen LogP contribution in [-0.2, 0) is 27.5 Å². The normalized spacial score (nSPS) is 17.9. The number of nitrogens with zero attached hydrogens (tertiary/aromatic N) is 1. The van der Waals surface area contributed by atoms with Crippen molar-refractivity contribution >= 4 is 29.5 Å². The number of phenolic OH excluding ortho intramolecular Hbond substituents is 1. The summed E-state index contributed by atoms with van der Waals surface area (Å²) < 4.78 is 5.23. The summed E-state index contributed by atoms with van der Waals surface area (Å²) in [5.41, 5.74) is 3.02. The molecule has 1 atom stereocenters. The smallest absolute Gasteiger partial charge is 0.411 e. The van der Waals surface area contributed by atoms with E-state index in [-0.39, 0.29) is 37.1 Å². The van der Waals surface area contributed by atoms with E-state index in [2.05, 4.69) is 10.6 Å². The second kappa shape index (κ2) is 8.10. The molecule has 0 aliphatic carbocycles. The molecule has 0 bridgehead atoms. The zero-order valence-electron chi connectivity index (χ0n) is 16.8. The first-order chi connectivity index (χ1) is 14.8.